The molecule has 4 nitrogen and oxygen atoms in total. The van der Waals surface area contributed by atoms with Crippen molar-refractivity contribution in [3.05, 3.63) is 28.3 Å². The maximum Gasteiger partial charge on any atom is 0.241 e. The second kappa shape index (κ2) is 7.41. The Morgan fingerprint density at radius 1 is 1.35 bits per heavy atom. The van der Waals surface area contributed by atoms with Gasteiger partial charge >= 0.3 is 0 Å². The van der Waals surface area contributed by atoms with Crippen molar-refractivity contribution in [1.82, 2.24) is 4.72 Å². The van der Waals surface area contributed by atoms with E-state index in [-0.39, 0.29) is 17.5 Å². The lowest BCUT2D eigenvalue weighted by molar-refractivity contribution is 0.280. The van der Waals surface area contributed by atoms with E-state index in [0.717, 1.165) is 19.3 Å². The van der Waals surface area contributed by atoms with Crippen molar-refractivity contribution in [3.8, 4) is 0 Å². The van der Waals surface area contributed by atoms with Gasteiger partial charge in [-0.1, -0.05) is 31.9 Å². The van der Waals surface area contributed by atoms with Gasteiger partial charge in [0.15, 0.2) is 0 Å². The highest BCUT2D eigenvalue weighted by molar-refractivity contribution is 7.89. The van der Waals surface area contributed by atoms with Gasteiger partial charge in [-0.2, -0.15) is 0 Å². The van der Waals surface area contributed by atoms with Crippen LogP contribution in [0.4, 0.5) is 0 Å². The summed E-state index contributed by atoms with van der Waals surface area (Å²) in [6, 6.07) is 2.93. The topological polar surface area (TPSA) is 66.4 Å². The zero-order valence-corrected chi connectivity index (χ0v) is 13.7. The quantitative estimate of drug-likeness (QED) is 0.812. The summed E-state index contributed by atoms with van der Waals surface area (Å²) in [5, 5.41) is 9.58. The van der Waals surface area contributed by atoms with Crippen LogP contribution >= 0.6 is 11.6 Å². The summed E-state index contributed by atoms with van der Waals surface area (Å²) in [6.07, 6.45) is 2.44. The minimum Gasteiger partial charge on any atom is -0.392 e. The highest BCUT2D eigenvalue weighted by Crippen LogP contribution is 2.25. The number of sulfonamides is 1. The molecular weight excluding hydrogens is 298 g/mol. The first-order valence-corrected chi connectivity index (χ1v) is 8.64. The van der Waals surface area contributed by atoms with Crippen molar-refractivity contribution in [2.45, 2.75) is 57.6 Å². The maximum atomic E-state index is 12.5. The lowest BCUT2D eigenvalue weighted by Gasteiger charge is -2.18. The molecule has 1 aromatic carbocycles. The number of aliphatic hydroxyl groups excluding tert-OH is 1. The highest BCUT2D eigenvalue weighted by Gasteiger charge is 2.22. The van der Waals surface area contributed by atoms with E-state index in [1.165, 1.54) is 6.07 Å². The van der Waals surface area contributed by atoms with Crippen LogP contribution in [0.25, 0.3) is 0 Å². The molecule has 0 aliphatic heterocycles. The van der Waals surface area contributed by atoms with Crippen LogP contribution in [0.3, 0.4) is 0 Å². The smallest absolute Gasteiger partial charge is 0.241 e. The van der Waals surface area contributed by atoms with Crippen molar-refractivity contribution in [3.63, 3.8) is 0 Å². The van der Waals surface area contributed by atoms with Gasteiger partial charge in [0.05, 0.1) is 11.5 Å². The third-order valence-corrected chi connectivity index (χ3v) is 5.21. The van der Waals surface area contributed by atoms with E-state index in [4.69, 9.17) is 11.6 Å². The molecule has 0 bridgehead atoms. The molecule has 0 spiro atoms. The average molecular weight is 320 g/mol. The number of nitrogens with one attached hydrogen (secondary N) is 1. The van der Waals surface area contributed by atoms with Gasteiger partial charge in [-0.05, 0) is 43.0 Å². The van der Waals surface area contributed by atoms with E-state index in [9.17, 15) is 13.5 Å². The van der Waals surface area contributed by atoms with Gasteiger partial charge in [0, 0.05) is 11.1 Å². The Bertz CT molecular complexity index is 558. The van der Waals surface area contributed by atoms with Crippen LogP contribution in [0.2, 0.25) is 5.02 Å². The van der Waals surface area contributed by atoms with E-state index in [0.29, 0.717) is 16.1 Å². The van der Waals surface area contributed by atoms with Crippen molar-refractivity contribution in [2.24, 2.45) is 0 Å². The molecule has 1 unspecified atom stereocenters. The maximum absolute atomic E-state index is 12.5. The van der Waals surface area contributed by atoms with Gasteiger partial charge in [0.2, 0.25) is 10.0 Å². The monoisotopic (exact) mass is 319 g/mol. The Hall–Kier alpha value is -0.620. The second-order valence-corrected chi connectivity index (χ2v) is 6.98. The number of aliphatic hydroxyl groups is 1. The van der Waals surface area contributed by atoms with E-state index >= 15 is 0 Å². The molecular formula is C14H22ClNO3S. The Kier molecular flexibility index (Phi) is 6.45. The fourth-order valence-electron chi connectivity index (χ4n) is 2.13. The molecule has 2 N–H and O–H groups in total. The summed E-state index contributed by atoms with van der Waals surface area (Å²) in [5.74, 6) is 0. The normalized spacial score (nSPS) is 13.4. The summed E-state index contributed by atoms with van der Waals surface area (Å²) in [4.78, 5) is 0.142. The molecule has 1 atom stereocenters. The van der Waals surface area contributed by atoms with Crippen LogP contribution in [-0.4, -0.2) is 19.6 Å². The van der Waals surface area contributed by atoms with Crippen molar-refractivity contribution >= 4 is 21.6 Å². The molecule has 0 heterocycles. The minimum absolute atomic E-state index is 0.0824. The largest absolute Gasteiger partial charge is 0.392 e. The molecule has 20 heavy (non-hydrogen) atoms. The number of rotatable bonds is 7. The van der Waals surface area contributed by atoms with Gasteiger partial charge in [-0.15, -0.1) is 0 Å². The molecule has 0 fully saturated rings. The summed E-state index contributed by atoms with van der Waals surface area (Å²) in [6.45, 7) is 5.41. The number of hydrogen-bond donors (Lipinski definition) is 2. The minimum atomic E-state index is -3.63. The van der Waals surface area contributed by atoms with Crippen LogP contribution < -0.4 is 4.72 Å². The predicted molar refractivity (Wildman–Crippen MR) is 81.4 cm³/mol. The van der Waals surface area contributed by atoms with Crippen molar-refractivity contribution in [1.29, 1.82) is 0 Å². The SMILES string of the molecule is CCCC(CC)NS(=O)(=O)c1cc(Cl)cc(CO)c1C. The number of hydrogen-bond acceptors (Lipinski definition) is 3. The predicted octanol–water partition coefficient (Wildman–Crippen LogP) is 3.00. The summed E-state index contributed by atoms with van der Waals surface area (Å²) < 4.78 is 27.6. The second-order valence-electron chi connectivity index (χ2n) is 4.86. The standard InChI is InChI=1S/C14H22ClNO3S/c1-4-6-13(5-2)16-20(18,19)14-8-12(15)7-11(9-17)10(14)3/h7-8,13,16-17H,4-6,9H2,1-3H3. The Morgan fingerprint density at radius 2 is 2.00 bits per heavy atom. The van der Waals surface area contributed by atoms with Crippen LogP contribution in [0.15, 0.2) is 17.0 Å². The lowest BCUT2D eigenvalue weighted by atomic mass is 10.1. The lowest BCUT2D eigenvalue weighted by Crippen LogP contribution is -2.34. The zero-order chi connectivity index (χ0) is 15.3. The van der Waals surface area contributed by atoms with Gasteiger partial charge in [0.25, 0.3) is 0 Å². The third kappa shape index (κ3) is 4.19. The van der Waals surface area contributed by atoms with Crippen molar-refractivity contribution in [2.75, 3.05) is 0 Å². The molecule has 1 aromatic rings. The molecule has 0 aromatic heterocycles. The molecule has 0 saturated carbocycles. The zero-order valence-electron chi connectivity index (χ0n) is 12.1. The third-order valence-electron chi connectivity index (χ3n) is 3.34. The molecule has 0 saturated heterocycles. The van der Waals surface area contributed by atoms with Crippen LogP contribution in [0.5, 0.6) is 0 Å². The molecule has 0 aliphatic carbocycles. The first kappa shape index (κ1) is 17.4. The van der Waals surface area contributed by atoms with Crippen molar-refractivity contribution < 1.29 is 13.5 Å². The summed E-state index contributed by atoms with van der Waals surface area (Å²) in [7, 11) is -3.63. The summed E-state index contributed by atoms with van der Waals surface area (Å²) >= 11 is 5.94. The van der Waals surface area contributed by atoms with E-state index in [1.54, 1.807) is 13.0 Å². The fraction of sp³-hybridized carbons (Fsp3) is 0.571. The Labute approximate surface area is 126 Å². The molecule has 0 radical (unpaired) electrons. The Morgan fingerprint density at radius 3 is 2.50 bits per heavy atom. The fourth-order valence-corrected chi connectivity index (χ4v) is 4.10. The van der Waals surface area contributed by atoms with Gasteiger partial charge in [0.1, 0.15) is 0 Å². The first-order valence-electron chi connectivity index (χ1n) is 6.77. The van der Waals surface area contributed by atoms with Crippen LogP contribution in [0, 0.1) is 6.92 Å². The highest BCUT2D eigenvalue weighted by atomic mass is 35.5. The molecule has 1 rings (SSSR count). The van der Waals surface area contributed by atoms with Gasteiger partial charge < -0.3 is 5.11 Å². The van der Waals surface area contributed by atoms with Gasteiger partial charge in [-0.3, -0.25) is 0 Å². The van der Waals surface area contributed by atoms with E-state index in [2.05, 4.69) is 4.72 Å². The Balaban J connectivity index is 3.18. The molecule has 6 heteroatoms. The first-order chi connectivity index (χ1) is 9.35. The van der Waals surface area contributed by atoms with Crippen LogP contribution in [-0.2, 0) is 16.6 Å². The average Bonchev–Trinajstić information content (AvgIpc) is 2.40. The van der Waals surface area contributed by atoms with E-state index < -0.39 is 10.0 Å². The van der Waals surface area contributed by atoms with Gasteiger partial charge in [-0.25, -0.2) is 13.1 Å². The van der Waals surface area contributed by atoms with Crippen LogP contribution in [0.1, 0.15) is 44.2 Å². The number of benzene rings is 1. The summed E-state index contributed by atoms with van der Waals surface area (Å²) in [5.41, 5.74) is 1.07. The molecule has 0 amide bonds. The van der Waals surface area contributed by atoms with E-state index in [1.807, 2.05) is 13.8 Å². The molecule has 0 aliphatic rings. The molecule has 114 valence electrons. The number of halogens is 1.